The van der Waals surface area contributed by atoms with E-state index in [4.69, 9.17) is 5.73 Å². The van der Waals surface area contributed by atoms with Crippen LogP contribution in [-0.2, 0) is 19.2 Å². The number of urea groups is 1. The standard InChI is InChI=1S/C23H37N5O5/c1-22(2,3)27-21(33)25-10-15(29)28-11-13-16(23(13,4)5)17(28)20(32)26-14(18(30)19(24)31)9-12-7-6-8-12/h12-14,16-17H,6-11H2,1-5H3,(H2,24,31)(H,26,32)(H2,25,27,33)/t13-,14+,16-,17-/m0/s1. The second kappa shape index (κ2) is 8.95. The van der Waals surface area contributed by atoms with Crippen molar-refractivity contribution in [2.75, 3.05) is 13.1 Å². The quantitative estimate of drug-likeness (QED) is 0.382. The van der Waals surface area contributed by atoms with E-state index in [1.807, 2.05) is 20.8 Å². The van der Waals surface area contributed by atoms with Crippen LogP contribution < -0.4 is 21.7 Å². The van der Waals surface area contributed by atoms with Gasteiger partial charge in [-0.05, 0) is 50.4 Å². The fraction of sp³-hybridized carbons (Fsp3) is 0.783. The molecule has 33 heavy (non-hydrogen) atoms. The van der Waals surface area contributed by atoms with Crippen molar-refractivity contribution in [3.05, 3.63) is 0 Å². The Hall–Kier alpha value is -2.65. The molecule has 2 aliphatic carbocycles. The molecule has 0 aromatic rings. The molecule has 5 N–H and O–H groups in total. The molecular weight excluding hydrogens is 426 g/mol. The minimum Gasteiger partial charge on any atom is -0.363 e. The molecule has 1 aliphatic heterocycles. The Morgan fingerprint density at radius 3 is 2.27 bits per heavy atom. The van der Waals surface area contributed by atoms with Crippen molar-refractivity contribution in [3.63, 3.8) is 0 Å². The number of Topliss-reactive ketones (excluding diaryl/α,β-unsaturated/α-hetero) is 1. The van der Waals surface area contributed by atoms with E-state index >= 15 is 0 Å². The zero-order valence-corrected chi connectivity index (χ0v) is 20.2. The molecule has 0 aromatic carbocycles. The van der Waals surface area contributed by atoms with Crippen LogP contribution in [0, 0.1) is 23.2 Å². The molecule has 4 atom stereocenters. The van der Waals surface area contributed by atoms with Gasteiger partial charge in [-0.15, -0.1) is 0 Å². The molecule has 10 nitrogen and oxygen atoms in total. The average molecular weight is 464 g/mol. The zero-order valence-electron chi connectivity index (χ0n) is 20.2. The largest absolute Gasteiger partial charge is 0.363 e. The highest BCUT2D eigenvalue weighted by Crippen LogP contribution is 2.64. The van der Waals surface area contributed by atoms with E-state index in [2.05, 4.69) is 29.8 Å². The summed E-state index contributed by atoms with van der Waals surface area (Å²) in [7, 11) is 0. The first-order chi connectivity index (χ1) is 15.2. The first-order valence-corrected chi connectivity index (χ1v) is 11.7. The lowest BCUT2D eigenvalue weighted by molar-refractivity contribution is -0.142. The van der Waals surface area contributed by atoms with Gasteiger partial charge in [0.05, 0.1) is 12.6 Å². The van der Waals surface area contributed by atoms with Crippen LogP contribution in [-0.4, -0.2) is 65.1 Å². The van der Waals surface area contributed by atoms with E-state index in [-0.39, 0.29) is 35.6 Å². The van der Waals surface area contributed by atoms with Crippen LogP contribution in [0.15, 0.2) is 0 Å². The number of piperidine rings is 1. The van der Waals surface area contributed by atoms with E-state index < -0.39 is 41.3 Å². The van der Waals surface area contributed by atoms with Crippen molar-refractivity contribution in [2.45, 2.75) is 77.9 Å². The normalized spacial score (nSPS) is 26.5. The predicted octanol–water partition coefficient (Wildman–Crippen LogP) is 0.297. The molecule has 3 aliphatic rings. The Bertz CT molecular complexity index is 845. The van der Waals surface area contributed by atoms with Gasteiger partial charge in [0.1, 0.15) is 6.04 Å². The Balaban J connectivity index is 1.68. The van der Waals surface area contributed by atoms with Crippen molar-refractivity contribution in [3.8, 4) is 0 Å². The molecule has 10 heteroatoms. The SMILES string of the molecule is CC(C)(C)NC(=O)NCC(=O)N1C[C@H]2[C@@H]([C@H]1C(=O)N[C@H](CC1CCC1)C(=O)C(N)=O)C2(C)C. The Kier molecular flexibility index (Phi) is 6.77. The summed E-state index contributed by atoms with van der Waals surface area (Å²) in [6, 6.07) is -2.20. The van der Waals surface area contributed by atoms with Gasteiger partial charge in [-0.3, -0.25) is 19.2 Å². The minimum atomic E-state index is -1.07. The highest BCUT2D eigenvalue weighted by molar-refractivity contribution is 6.37. The summed E-state index contributed by atoms with van der Waals surface area (Å²) in [5.74, 6) is -2.29. The van der Waals surface area contributed by atoms with Gasteiger partial charge >= 0.3 is 6.03 Å². The van der Waals surface area contributed by atoms with E-state index in [9.17, 15) is 24.0 Å². The van der Waals surface area contributed by atoms with Gasteiger partial charge in [-0.2, -0.15) is 0 Å². The summed E-state index contributed by atoms with van der Waals surface area (Å²) in [5, 5.41) is 8.01. The maximum atomic E-state index is 13.3. The summed E-state index contributed by atoms with van der Waals surface area (Å²) >= 11 is 0. The summed E-state index contributed by atoms with van der Waals surface area (Å²) in [6.07, 6.45) is 3.34. The third-order valence-electron chi connectivity index (χ3n) is 7.36. The fourth-order valence-electron chi connectivity index (χ4n) is 5.21. The van der Waals surface area contributed by atoms with E-state index in [0.29, 0.717) is 13.0 Å². The first-order valence-electron chi connectivity index (χ1n) is 11.7. The Morgan fingerprint density at radius 1 is 1.12 bits per heavy atom. The van der Waals surface area contributed by atoms with Crippen LogP contribution in [0.1, 0.15) is 60.3 Å². The second-order valence-electron chi connectivity index (χ2n) is 11.3. The number of ketones is 1. The molecule has 3 fully saturated rings. The van der Waals surface area contributed by atoms with Gasteiger partial charge < -0.3 is 26.6 Å². The number of likely N-dealkylation sites (tertiary alicyclic amines) is 1. The lowest BCUT2D eigenvalue weighted by atomic mass is 9.80. The summed E-state index contributed by atoms with van der Waals surface area (Å²) in [6.45, 7) is 9.78. The number of carbonyl (C=O) groups excluding carboxylic acids is 5. The number of nitrogens with zero attached hydrogens (tertiary/aromatic N) is 1. The first kappa shape index (κ1) is 25.0. The molecule has 1 heterocycles. The minimum absolute atomic E-state index is 0.0436. The topological polar surface area (TPSA) is 151 Å². The van der Waals surface area contributed by atoms with Crippen LogP contribution >= 0.6 is 0 Å². The highest BCUT2D eigenvalue weighted by atomic mass is 16.2. The number of carbonyl (C=O) groups is 5. The molecule has 0 unspecified atom stereocenters. The van der Waals surface area contributed by atoms with E-state index in [1.165, 1.54) is 4.90 Å². The van der Waals surface area contributed by atoms with Gasteiger partial charge in [0, 0.05) is 12.1 Å². The molecule has 184 valence electrons. The number of fused-ring (bicyclic) bond motifs is 1. The van der Waals surface area contributed by atoms with Crippen LogP contribution in [0.3, 0.4) is 0 Å². The summed E-state index contributed by atoms with van der Waals surface area (Å²) < 4.78 is 0. The lowest BCUT2D eigenvalue weighted by Crippen LogP contribution is -2.57. The van der Waals surface area contributed by atoms with Gasteiger partial charge in [0.2, 0.25) is 17.6 Å². The van der Waals surface area contributed by atoms with Crippen molar-refractivity contribution in [2.24, 2.45) is 28.9 Å². The average Bonchev–Trinajstić information content (AvgIpc) is 3.01. The number of amides is 5. The fourth-order valence-corrected chi connectivity index (χ4v) is 5.21. The van der Waals surface area contributed by atoms with Gasteiger partial charge in [-0.25, -0.2) is 4.79 Å². The monoisotopic (exact) mass is 463 g/mol. The number of primary amides is 1. The van der Waals surface area contributed by atoms with Crippen LogP contribution in [0.2, 0.25) is 0 Å². The van der Waals surface area contributed by atoms with Gasteiger partial charge in [0.25, 0.3) is 5.91 Å². The smallest absolute Gasteiger partial charge is 0.315 e. The second-order valence-corrected chi connectivity index (χ2v) is 11.3. The molecule has 0 spiro atoms. The number of rotatable bonds is 8. The summed E-state index contributed by atoms with van der Waals surface area (Å²) in [4.78, 5) is 63.7. The zero-order chi connectivity index (χ0) is 24.7. The number of hydrogen-bond acceptors (Lipinski definition) is 5. The molecule has 1 saturated heterocycles. The number of nitrogens with two attached hydrogens (primary N) is 1. The van der Waals surface area contributed by atoms with Crippen molar-refractivity contribution >= 4 is 29.5 Å². The van der Waals surface area contributed by atoms with Crippen LogP contribution in [0.25, 0.3) is 0 Å². The molecule has 2 saturated carbocycles. The lowest BCUT2D eigenvalue weighted by Gasteiger charge is -2.33. The number of hydrogen-bond donors (Lipinski definition) is 4. The summed E-state index contributed by atoms with van der Waals surface area (Å²) in [5.41, 5.74) is 4.67. The van der Waals surface area contributed by atoms with Gasteiger partial charge in [-0.1, -0.05) is 33.1 Å². The number of nitrogens with one attached hydrogen (secondary N) is 3. The molecule has 5 amide bonds. The van der Waals surface area contributed by atoms with Crippen molar-refractivity contribution in [1.29, 1.82) is 0 Å². The maximum absolute atomic E-state index is 13.3. The van der Waals surface area contributed by atoms with Gasteiger partial charge in [0.15, 0.2) is 0 Å². The Morgan fingerprint density at radius 2 is 1.76 bits per heavy atom. The Labute approximate surface area is 194 Å². The van der Waals surface area contributed by atoms with Crippen LogP contribution in [0.5, 0.6) is 0 Å². The predicted molar refractivity (Wildman–Crippen MR) is 121 cm³/mol. The van der Waals surface area contributed by atoms with Crippen molar-refractivity contribution in [1.82, 2.24) is 20.9 Å². The highest BCUT2D eigenvalue weighted by Gasteiger charge is 2.69. The molecule has 0 radical (unpaired) electrons. The molecule has 3 rings (SSSR count). The third kappa shape index (κ3) is 5.47. The third-order valence-corrected chi connectivity index (χ3v) is 7.36. The maximum Gasteiger partial charge on any atom is 0.315 e. The van der Waals surface area contributed by atoms with Crippen molar-refractivity contribution < 1.29 is 24.0 Å². The van der Waals surface area contributed by atoms with E-state index in [0.717, 1.165) is 19.3 Å². The molecule has 0 bridgehead atoms. The molecular formula is C23H37N5O5. The van der Waals surface area contributed by atoms with E-state index in [1.54, 1.807) is 0 Å². The molecule has 0 aromatic heterocycles. The van der Waals surface area contributed by atoms with Crippen LogP contribution in [0.4, 0.5) is 4.79 Å².